The normalized spacial score (nSPS) is 21.2. The first-order valence-corrected chi connectivity index (χ1v) is 15.4. The second kappa shape index (κ2) is 12.5. The van der Waals surface area contributed by atoms with Crippen LogP contribution in [-0.4, -0.2) is 56.1 Å². The minimum absolute atomic E-state index is 0.121. The summed E-state index contributed by atoms with van der Waals surface area (Å²) in [6.45, 7) is 13.8. The maximum atomic E-state index is 13.6. The summed E-state index contributed by atoms with van der Waals surface area (Å²) in [5.41, 5.74) is 0.748. The molecule has 0 aromatic heterocycles. The van der Waals surface area contributed by atoms with Gasteiger partial charge in [-0.3, -0.25) is 4.79 Å². The van der Waals surface area contributed by atoms with Crippen LogP contribution in [0.5, 0.6) is 5.75 Å². The number of rotatable bonds is 11. The van der Waals surface area contributed by atoms with E-state index in [4.69, 9.17) is 9.47 Å². The molecule has 0 radical (unpaired) electrons. The molecule has 7 nitrogen and oxygen atoms in total. The average Bonchev–Trinajstić information content (AvgIpc) is 3.29. The smallest absolute Gasteiger partial charge is 0.324 e. The zero-order valence-electron chi connectivity index (χ0n) is 23.8. The molecule has 1 aliphatic carbocycles. The molecular weight excluding hydrogens is 488 g/mol. The van der Waals surface area contributed by atoms with Gasteiger partial charge in [-0.15, -0.1) is 0 Å². The summed E-state index contributed by atoms with van der Waals surface area (Å²) in [4.78, 5) is 12.9. The molecule has 1 N–H and O–H groups in total. The summed E-state index contributed by atoms with van der Waals surface area (Å²) in [6, 6.07) is 4.98. The lowest BCUT2D eigenvalue weighted by Crippen LogP contribution is -2.43. The molecule has 2 aliphatic rings. The topological polar surface area (TPSA) is 84.9 Å². The highest BCUT2D eigenvalue weighted by atomic mass is 32.2. The minimum atomic E-state index is -3.91. The summed E-state index contributed by atoms with van der Waals surface area (Å²) in [6.07, 6.45) is 9.13. The third-order valence-electron chi connectivity index (χ3n) is 7.42. The number of aryl methyl sites for hydroxylation is 1. The predicted molar refractivity (Wildman–Crippen MR) is 147 cm³/mol. The third-order valence-corrected chi connectivity index (χ3v) is 9.37. The number of carbonyl (C=O) groups excluding carboxylic acids is 1. The van der Waals surface area contributed by atoms with Gasteiger partial charge in [0.1, 0.15) is 22.3 Å². The van der Waals surface area contributed by atoms with Crippen molar-refractivity contribution in [3.8, 4) is 5.75 Å². The number of hydrogen-bond acceptors (Lipinski definition) is 6. The lowest BCUT2D eigenvalue weighted by Gasteiger charge is -2.34. The first kappa shape index (κ1) is 29.9. The van der Waals surface area contributed by atoms with Crippen molar-refractivity contribution < 1.29 is 22.7 Å². The number of esters is 1. The Morgan fingerprint density at radius 1 is 1.11 bits per heavy atom. The molecule has 0 bridgehead atoms. The van der Waals surface area contributed by atoms with Crippen LogP contribution in [0.2, 0.25) is 0 Å². The van der Waals surface area contributed by atoms with Crippen molar-refractivity contribution in [3.05, 3.63) is 23.8 Å². The molecule has 1 saturated heterocycles. The summed E-state index contributed by atoms with van der Waals surface area (Å²) >= 11 is 0. The van der Waals surface area contributed by atoms with Crippen molar-refractivity contribution in [2.75, 3.05) is 19.7 Å². The fourth-order valence-corrected chi connectivity index (χ4v) is 6.96. The van der Waals surface area contributed by atoms with E-state index in [1.54, 1.807) is 39.0 Å². The van der Waals surface area contributed by atoms with Crippen LogP contribution in [0.25, 0.3) is 0 Å². The van der Waals surface area contributed by atoms with Crippen molar-refractivity contribution >= 4 is 16.0 Å². The van der Waals surface area contributed by atoms with E-state index >= 15 is 0 Å². The van der Waals surface area contributed by atoms with Crippen molar-refractivity contribution in [2.24, 2.45) is 5.41 Å². The highest BCUT2D eigenvalue weighted by Crippen LogP contribution is 2.35. The fourth-order valence-electron chi connectivity index (χ4n) is 5.20. The van der Waals surface area contributed by atoms with E-state index in [0.717, 1.165) is 31.4 Å². The average molecular weight is 537 g/mol. The van der Waals surface area contributed by atoms with Crippen LogP contribution in [0.15, 0.2) is 23.1 Å². The number of hydrogen-bond donors (Lipinski definition) is 1. The number of sulfonamides is 1. The molecule has 2 fully saturated rings. The van der Waals surface area contributed by atoms with Gasteiger partial charge in [0, 0.05) is 12.6 Å². The Hall–Kier alpha value is -1.64. The summed E-state index contributed by atoms with van der Waals surface area (Å²) in [5.74, 6) is -0.133. The first-order chi connectivity index (χ1) is 17.3. The van der Waals surface area contributed by atoms with Gasteiger partial charge in [0.15, 0.2) is 0 Å². The second-order valence-corrected chi connectivity index (χ2v) is 14.4. The largest absolute Gasteiger partial charge is 0.492 e. The zero-order chi connectivity index (χ0) is 27.3. The van der Waals surface area contributed by atoms with Crippen LogP contribution in [0.3, 0.4) is 0 Å². The zero-order valence-corrected chi connectivity index (χ0v) is 24.6. The fraction of sp³-hybridized carbons (Fsp3) is 0.759. The number of unbranched alkanes of at least 4 members (excludes halogenated alkanes) is 2. The van der Waals surface area contributed by atoms with Crippen LogP contribution in [0.4, 0.5) is 0 Å². The number of nitrogens with zero attached hydrogens (tertiary/aromatic N) is 1. The number of benzene rings is 1. The monoisotopic (exact) mass is 536 g/mol. The molecule has 8 heteroatoms. The highest BCUT2D eigenvalue weighted by molar-refractivity contribution is 7.89. The standard InChI is InChI=1S/C29H48N2O5S/c1-22-12-13-26(37(33,34)31-19-10-11-24(31)27(32)36-28(2,3)4)25(21-22)35-20-9-7-8-18-30-23-14-16-29(5,6)17-15-23/h12-13,21,23-24,30H,7-11,14-20H2,1-6H3/t24-/m0/s1. The number of nitrogens with one attached hydrogen (secondary N) is 1. The van der Waals surface area contributed by atoms with E-state index in [1.807, 2.05) is 6.92 Å². The van der Waals surface area contributed by atoms with Gasteiger partial charge < -0.3 is 14.8 Å². The Morgan fingerprint density at radius 2 is 1.81 bits per heavy atom. The molecule has 210 valence electrons. The van der Waals surface area contributed by atoms with Crippen LogP contribution >= 0.6 is 0 Å². The third kappa shape index (κ3) is 8.69. The molecule has 0 amide bonds. The summed E-state index contributed by atoms with van der Waals surface area (Å²) in [7, 11) is -3.91. The van der Waals surface area contributed by atoms with Gasteiger partial charge in [-0.2, -0.15) is 4.31 Å². The lowest BCUT2D eigenvalue weighted by molar-refractivity contribution is -0.158. The molecule has 1 aromatic carbocycles. The minimum Gasteiger partial charge on any atom is -0.492 e. The molecule has 1 aliphatic heterocycles. The van der Waals surface area contributed by atoms with E-state index in [2.05, 4.69) is 19.2 Å². The van der Waals surface area contributed by atoms with Crippen LogP contribution in [0.1, 0.15) is 98.0 Å². The van der Waals surface area contributed by atoms with E-state index in [9.17, 15) is 13.2 Å². The molecular formula is C29H48N2O5S. The van der Waals surface area contributed by atoms with Crippen molar-refractivity contribution in [1.82, 2.24) is 9.62 Å². The summed E-state index contributed by atoms with van der Waals surface area (Å²) in [5, 5.41) is 3.70. The Morgan fingerprint density at radius 3 is 2.49 bits per heavy atom. The van der Waals surface area contributed by atoms with Crippen LogP contribution in [-0.2, 0) is 19.6 Å². The van der Waals surface area contributed by atoms with Crippen molar-refractivity contribution in [1.29, 1.82) is 0 Å². The van der Waals surface area contributed by atoms with E-state index in [0.29, 0.717) is 43.2 Å². The van der Waals surface area contributed by atoms with E-state index in [1.165, 1.54) is 30.0 Å². The van der Waals surface area contributed by atoms with Gasteiger partial charge in [-0.1, -0.05) is 19.9 Å². The molecule has 1 heterocycles. The van der Waals surface area contributed by atoms with Gasteiger partial charge in [0.2, 0.25) is 10.0 Å². The Bertz CT molecular complexity index is 1010. The quantitative estimate of drug-likeness (QED) is 0.293. The molecule has 0 unspecified atom stereocenters. The molecule has 0 spiro atoms. The Labute approximate surface area is 224 Å². The lowest BCUT2D eigenvalue weighted by atomic mass is 9.75. The van der Waals surface area contributed by atoms with Gasteiger partial charge >= 0.3 is 5.97 Å². The maximum absolute atomic E-state index is 13.6. The van der Waals surface area contributed by atoms with Gasteiger partial charge in [-0.05, 0) is 115 Å². The maximum Gasteiger partial charge on any atom is 0.324 e. The first-order valence-electron chi connectivity index (χ1n) is 14.0. The van der Waals surface area contributed by atoms with Crippen LogP contribution < -0.4 is 10.1 Å². The van der Waals surface area contributed by atoms with Gasteiger partial charge in [0.25, 0.3) is 0 Å². The molecule has 1 atom stereocenters. The molecule has 1 saturated carbocycles. The highest BCUT2D eigenvalue weighted by Gasteiger charge is 2.42. The second-order valence-electron chi connectivity index (χ2n) is 12.6. The van der Waals surface area contributed by atoms with E-state index in [-0.39, 0.29) is 4.90 Å². The van der Waals surface area contributed by atoms with Crippen molar-refractivity contribution in [3.63, 3.8) is 0 Å². The summed E-state index contributed by atoms with van der Waals surface area (Å²) < 4.78 is 40.1. The SMILES string of the molecule is Cc1ccc(S(=O)(=O)N2CCC[C@H]2C(=O)OC(C)(C)C)c(OCCCCCNC2CCC(C)(C)CC2)c1. The number of carbonyl (C=O) groups is 1. The molecule has 1 aromatic rings. The predicted octanol–water partition coefficient (Wildman–Crippen LogP) is 5.60. The van der Waals surface area contributed by atoms with Gasteiger partial charge in [0.05, 0.1) is 6.61 Å². The Balaban J connectivity index is 1.53. The van der Waals surface area contributed by atoms with Crippen LogP contribution in [0, 0.1) is 12.3 Å². The Kier molecular flexibility index (Phi) is 10.1. The van der Waals surface area contributed by atoms with Gasteiger partial charge in [-0.25, -0.2) is 8.42 Å². The van der Waals surface area contributed by atoms with Crippen molar-refractivity contribution in [2.45, 2.75) is 122 Å². The van der Waals surface area contributed by atoms with E-state index < -0.39 is 27.6 Å². The molecule has 37 heavy (non-hydrogen) atoms. The number of ether oxygens (including phenoxy) is 2. The molecule has 3 rings (SSSR count).